The lowest BCUT2D eigenvalue weighted by atomic mass is 10.2. The second kappa shape index (κ2) is 9.53. The van der Waals surface area contributed by atoms with E-state index in [9.17, 15) is 14.0 Å². The lowest BCUT2D eigenvalue weighted by Gasteiger charge is -2.09. The van der Waals surface area contributed by atoms with Crippen molar-refractivity contribution in [2.75, 3.05) is 0 Å². The quantitative estimate of drug-likeness (QED) is 0.512. The molecule has 7 nitrogen and oxygen atoms in total. The summed E-state index contributed by atoms with van der Waals surface area (Å²) >= 11 is 7.03. The normalized spacial score (nSPS) is 17.7. The molecular formula is C19H15ClFN3O4S. The fourth-order valence-corrected chi connectivity index (χ4v) is 3.52. The van der Waals surface area contributed by atoms with Gasteiger partial charge in [-0.05, 0) is 35.9 Å². The van der Waals surface area contributed by atoms with E-state index in [1.165, 1.54) is 18.3 Å². The summed E-state index contributed by atoms with van der Waals surface area (Å²) in [4.78, 5) is 22.5. The molecule has 0 bridgehead atoms. The van der Waals surface area contributed by atoms with E-state index in [0.29, 0.717) is 21.9 Å². The zero-order valence-electron chi connectivity index (χ0n) is 14.8. The number of amidine groups is 1. The number of benzene rings is 2. The van der Waals surface area contributed by atoms with Crippen LogP contribution in [0.1, 0.15) is 17.5 Å². The first-order valence-corrected chi connectivity index (χ1v) is 9.63. The first-order valence-electron chi connectivity index (χ1n) is 8.38. The van der Waals surface area contributed by atoms with Gasteiger partial charge in [0.2, 0.25) is 5.91 Å². The van der Waals surface area contributed by atoms with Gasteiger partial charge in [0.05, 0.1) is 12.6 Å². The monoisotopic (exact) mass is 435 g/mol. The topological polar surface area (TPSA) is 100 Å². The molecule has 1 fully saturated rings. The second-order valence-corrected chi connectivity index (χ2v) is 7.57. The summed E-state index contributed by atoms with van der Waals surface area (Å²) in [7, 11) is 0. The van der Waals surface area contributed by atoms with Gasteiger partial charge in [-0.2, -0.15) is 5.10 Å². The average molecular weight is 436 g/mol. The van der Waals surface area contributed by atoms with Crippen LogP contribution in [0.25, 0.3) is 0 Å². The van der Waals surface area contributed by atoms with Crippen LogP contribution >= 0.6 is 23.4 Å². The molecule has 1 unspecified atom stereocenters. The van der Waals surface area contributed by atoms with Gasteiger partial charge in [0.15, 0.2) is 5.17 Å². The molecule has 1 heterocycles. The summed E-state index contributed by atoms with van der Waals surface area (Å²) in [5.41, 5.74) is 1.20. The van der Waals surface area contributed by atoms with Crippen molar-refractivity contribution < 1.29 is 23.8 Å². The van der Waals surface area contributed by atoms with E-state index in [0.717, 1.165) is 11.8 Å². The van der Waals surface area contributed by atoms with Gasteiger partial charge in [0, 0.05) is 10.6 Å². The molecule has 2 aromatic carbocycles. The number of carboxylic acid groups (broad SMARTS) is 1. The number of carbonyl (C=O) groups excluding carboxylic acids is 1. The van der Waals surface area contributed by atoms with Gasteiger partial charge in [0.1, 0.15) is 23.4 Å². The van der Waals surface area contributed by atoms with Crippen molar-refractivity contribution in [1.29, 1.82) is 0 Å². The van der Waals surface area contributed by atoms with Crippen LogP contribution in [-0.4, -0.2) is 33.6 Å². The predicted octanol–water partition coefficient (Wildman–Crippen LogP) is 3.45. The number of halogens is 2. The number of hydrogen-bond donors (Lipinski definition) is 2. The number of aliphatic carboxylic acids is 1. The number of hydrogen-bond acceptors (Lipinski definition) is 6. The number of carbonyl (C=O) groups is 2. The second-order valence-electron chi connectivity index (χ2n) is 5.94. The Bertz CT molecular complexity index is 999. The van der Waals surface area contributed by atoms with Crippen LogP contribution in [0.15, 0.2) is 52.7 Å². The average Bonchev–Trinajstić information content (AvgIpc) is 3.00. The fraction of sp³-hybridized carbons (Fsp3) is 0.158. The van der Waals surface area contributed by atoms with Crippen LogP contribution in [0.2, 0.25) is 5.02 Å². The maximum Gasteiger partial charge on any atom is 0.305 e. The van der Waals surface area contributed by atoms with Crippen molar-refractivity contribution >= 4 is 46.6 Å². The third kappa shape index (κ3) is 6.03. The fourth-order valence-electron chi connectivity index (χ4n) is 2.43. The number of ether oxygens (including phenoxy) is 1. The summed E-state index contributed by atoms with van der Waals surface area (Å²) in [5.74, 6) is -1.37. The molecule has 0 saturated carbocycles. The molecule has 0 radical (unpaired) electrons. The zero-order valence-corrected chi connectivity index (χ0v) is 16.4. The van der Waals surface area contributed by atoms with Crippen LogP contribution < -0.4 is 10.1 Å². The van der Waals surface area contributed by atoms with E-state index >= 15 is 0 Å². The van der Waals surface area contributed by atoms with Gasteiger partial charge >= 0.3 is 5.97 Å². The highest BCUT2D eigenvalue weighted by atomic mass is 35.5. The smallest absolute Gasteiger partial charge is 0.305 e. The minimum Gasteiger partial charge on any atom is -0.488 e. The maximum absolute atomic E-state index is 13.3. The van der Waals surface area contributed by atoms with Crippen LogP contribution in [0.3, 0.4) is 0 Å². The molecule has 3 rings (SSSR count). The summed E-state index contributed by atoms with van der Waals surface area (Å²) in [5, 5.41) is 19.0. The number of rotatable bonds is 7. The Balaban J connectivity index is 1.69. The highest BCUT2D eigenvalue weighted by Crippen LogP contribution is 2.24. The van der Waals surface area contributed by atoms with Crippen molar-refractivity contribution in [2.24, 2.45) is 10.2 Å². The minimum absolute atomic E-state index is 0.150. The van der Waals surface area contributed by atoms with Gasteiger partial charge < -0.3 is 15.2 Å². The maximum atomic E-state index is 13.3. The third-order valence-electron chi connectivity index (χ3n) is 3.74. The van der Waals surface area contributed by atoms with E-state index < -0.39 is 17.1 Å². The molecule has 1 aliphatic rings. The predicted molar refractivity (Wildman–Crippen MR) is 109 cm³/mol. The SMILES string of the molecule is O=C(O)CC1SC(=NN=Cc2cc(Cl)ccc2OCc2cccc(F)c2)NC1=O. The molecule has 29 heavy (non-hydrogen) atoms. The summed E-state index contributed by atoms with van der Waals surface area (Å²) in [6.07, 6.45) is 1.10. The van der Waals surface area contributed by atoms with Crippen molar-refractivity contribution in [3.8, 4) is 5.75 Å². The standard InChI is InChI=1S/C19H15ClFN3O4S/c20-13-4-5-15(28-10-11-2-1-3-14(21)6-11)12(7-13)9-22-24-19-23-18(27)16(29-19)8-17(25)26/h1-7,9,16H,8,10H2,(H,25,26)(H,23,24,27). The number of nitrogens with zero attached hydrogens (tertiary/aromatic N) is 2. The van der Waals surface area contributed by atoms with Crippen molar-refractivity contribution in [3.05, 3.63) is 64.4 Å². The first-order chi connectivity index (χ1) is 13.9. The Morgan fingerprint density at radius 1 is 1.34 bits per heavy atom. The van der Waals surface area contributed by atoms with E-state index in [4.69, 9.17) is 21.4 Å². The molecule has 10 heteroatoms. The van der Waals surface area contributed by atoms with Crippen LogP contribution in [0.5, 0.6) is 5.75 Å². The zero-order chi connectivity index (χ0) is 20.8. The summed E-state index contributed by atoms with van der Waals surface area (Å²) in [6, 6.07) is 11.0. The number of thioether (sulfide) groups is 1. The number of amides is 1. The number of carboxylic acids is 1. The molecule has 1 atom stereocenters. The largest absolute Gasteiger partial charge is 0.488 e. The van der Waals surface area contributed by atoms with Crippen molar-refractivity contribution in [2.45, 2.75) is 18.3 Å². The highest BCUT2D eigenvalue weighted by Gasteiger charge is 2.32. The molecule has 1 saturated heterocycles. The first kappa shape index (κ1) is 20.8. The molecule has 0 aliphatic carbocycles. The molecule has 0 spiro atoms. The molecule has 2 aromatic rings. The Labute approximate surface area is 174 Å². The van der Waals surface area contributed by atoms with Gasteiger partial charge in [-0.3, -0.25) is 9.59 Å². The van der Waals surface area contributed by atoms with E-state index in [2.05, 4.69) is 15.5 Å². The molecule has 1 aliphatic heterocycles. The van der Waals surface area contributed by atoms with E-state index in [1.807, 2.05) is 0 Å². The lowest BCUT2D eigenvalue weighted by Crippen LogP contribution is -2.26. The van der Waals surface area contributed by atoms with Crippen LogP contribution in [0.4, 0.5) is 4.39 Å². The van der Waals surface area contributed by atoms with Gasteiger partial charge in [0.25, 0.3) is 0 Å². The minimum atomic E-state index is -1.07. The lowest BCUT2D eigenvalue weighted by molar-refractivity contribution is -0.138. The Hall–Kier alpha value is -2.91. The molecular weight excluding hydrogens is 421 g/mol. The molecule has 1 amide bonds. The van der Waals surface area contributed by atoms with Crippen molar-refractivity contribution in [1.82, 2.24) is 5.32 Å². The number of nitrogens with one attached hydrogen (secondary N) is 1. The Morgan fingerprint density at radius 2 is 2.17 bits per heavy atom. The Morgan fingerprint density at radius 3 is 2.93 bits per heavy atom. The van der Waals surface area contributed by atoms with E-state index in [-0.39, 0.29) is 24.0 Å². The Kier molecular flexibility index (Phi) is 6.84. The molecule has 150 valence electrons. The third-order valence-corrected chi connectivity index (χ3v) is 5.04. The van der Waals surface area contributed by atoms with Gasteiger partial charge in [-0.15, -0.1) is 5.10 Å². The molecule has 2 N–H and O–H groups in total. The van der Waals surface area contributed by atoms with Crippen LogP contribution in [0, 0.1) is 5.82 Å². The molecule has 0 aromatic heterocycles. The van der Waals surface area contributed by atoms with Crippen LogP contribution in [-0.2, 0) is 16.2 Å². The highest BCUT2D eigenvalue weighted by molar-refractivity contribution is 8.15. The van der Waals surface area contributed by atoms with Crippen molar-refractivity contribution in [3.63, 3.8) is 0 Å². The summed E-state index contributed by atoms with van der Waals surface area (Å²) < 4.78 is 19.0. The van der Waals surface area contributed by atoms with E-state index in [1.54, 1.807) is 30.3 Å². The van der Waals surface area contributed by atoms with Gasteiger partial charge in [-0.1, -0.05) is 35.5 Å². The summed E-state index contributed by atoms with van der Waals surface area (Å²) in [6.45, 7) is 0.150. The van der Waals surface area contributed by atoms with Gasteiger partial charge in [-0.25, -0.2) is 4.39 Å².